The molecule has 1 nitrogen and oxygen atoms in total. The van der Waals surface area contributed by atoms with Gasteiger partial charge in [0.15, 0.2) is 0 Å². The maximum absolute atomic E-state index is 12.7. The third-order valence-corrected chi connectivity index (χ3v) is 13.6. The van der Waals surface area contributed by atoms with Gasteiger partial charge in [-0.2, -0.15) is 52.7 Å². The summed E-state index contributed by atoms with van der Waals surface area (Å²) in [5, 5.41) is 0. The average molecular weight is 514 g/mol. The summed E-state index contributed by atoms with van der Waals surface area (Å²) in [7, 11) is -8.52. The van der Waals surface area contributed by atoms with Crippen LogP contribution in [0.3, 0.4) is 0 Å². The zero-order chi connectivity index (χ0) is 24.8. The second kappa shape index (κ2) is 10.8. The van der Waals surface area contributed by atoms with Crippen molar-refractivity contribution in [2.45, 2.75) is 74.6 Å². The first-order valence-electron chi connectivity index (χ1n) is 8.90. The molecule has 15 heteroatoms. The van der Waals surface area contributed by atoms with Crippen molar-refractivity contribution in [3.63, 3.8) is 0 Å². The Balaban J connectivity index is 6.08. The molecule has 0 aromatic rings. The molecule has 0 aliphatic carbocycles. The van der Waals surface area contributed by atoms with E-state index in [0.29, 0.717) is 0 Å². The van der Waals surface area contributed by atoms with E-state index in [4.69, 9.17) is 4.12 Å². The first-order chi connectivity index (χ1) is 13.7. The fourth-order valence-corrected chi connectivity index (χ4v) is 12.4. The summed E-state index contributed by atoms with van der Waals surface area (Å²) >= 11 is 0. The maximum atomic E-state index is 12.7. The van der Waals surface area contributed by atoms with Crippen LogP contribution in [0.1, 0.15) is 25.7 Å². The van der Waals surface area contributed by atoms with E-state index in [1.807, 2.05) is 0 Å². The third kappa shape index (κ3) is 13.9. The Hall–Kier alpha value is -0.966. The molecule has 0 aromatic carbocycles. The quantitative estimate of drug-likeness (QED) is 0.189. The molecule has 0 saturated carbocycles. The van der Waals surface area contributed by atoms with Crippen LogP contribution < -0.4 is 0 Å². The Morgan fingerprint density at radius 2 is 0.677 bits per heavy atom. The van der Waals surface area contributed by atoms with Crippen LogP contribution in [0, 0.1) is 0 Å². The molecule has 0 radical (unpaired) electrons. The topological polar surface area (TPSA) is 9.23 Å². The van der Waals surface area contributed by atoms with Crippen molar-refractivity contribution < 1.29 is 56.8 Å². The highest BCUT2D eigenvalue weighted by Crippen LogP contribution is 2.40. The van der Waals surface area contributed by atoms with Crippen molar-refractivity contribution >= 4 is 16.6 Å². The summed E-state index contributed by atoms with van der Waals surface area (Å²) in [6, 6.07) is -4.01. The van der Waals surface area contributed by atoms with E-state index in [9.17, 15) is 52.7 Å². The summed E-state index contributed by atoms with van der Waals surface area (Å²) in [6.45, 7) is 6.43. The molecule has 0 saturated heterocycles. The molecule has 0 spiro atoms. The monoisotopic (exact) mass is 514 g/mol. The average Bonchev–Trinajstić information content (AvgIpc) is 2.57. The molecule has 31 heavy (non-hydrogen) atoms. The van der Waals surface area contributed by atoms with Gasteiger partial charge in [0.05, 0.1) is 0 Å². The highest BCUT2D eigenvalue weighted by Gasteiger charge is 2.48. The Morgan fingerprint density at radius 1 is 0.484 bits per heavy atom. The van der Waals surface area contributed by atoms with Crippen molar-refractivity contribution in [1.82, 2.24) is 0 Å². The Morgan fingerprint density at radius 3 is 0.806 bits per heavy atom. The molecule has 0 heterocycles. The molecule has 0 aromatic heterocycles. The fourth-order valence-electron chi connectivity index (χ4n) is 2.76. The first kappa shape index (κ1) is 30.0. The summed E-state index contributed by atoms with van der Waals surface area (Å²) < 4.78 is 158. The zero-order valence-electron chi connectivity index (χ0n) is 16.2. The van der Waals surface area contributed by atoms with Crippen molar-refractivity contribution in [2.24, 2.45) is 0 Å². The Kier molecular flexibility index (Phi) is 10.4. The fraction of sp³-hybridized carbons (Fsp3) is 0.750. The number of halogens is 12. The minimum atomic E-state index is -4.82. The maximum Gasteiger partial charge on any atom is 0.388 e. The van der Waals surface area contributed by atoms with Crippen LogP contribution in [0.4, 0.5) is 52.7 Å². The van der Waals surface area contributed by atoms with Crippen LogP contribution in [0.15, 0.2) is 24.6 Å². The molecule has 184 valence electrons. The minimum Gasteiger partial charge on any atom is -0.449 e. The molecule has 0 aliphatic rings. The summed E-state index contributed by atoms with van der Waals surface area (Å²) in [5.41, 5.74) is 1.47. The summed E-state index contributed by atoms with van der Waals surface area (Å²) in [4.78, 5) is 0. The third-order valence-electron chi connectivity index (χ3n) is 4.48. The van der Waals surface area contributed by atoms with Gasteiger partial charge >= 0.3 is 24.7 Å². The van der Waals surface area contributed by atoms with E-state index >= 15 is 0 Å². The van der Waals surface area contributed by atoms with E-state index < -0.39 is 91.2 Å². The highest BCUT2D eigenvalue weighted by molar-refractivity contribution is 6.91. The predicted octanol–water partition coefficient (Wildman–Crippen LogP) is 8.15. The van der Waals surface area contributed by atoms with Gasteiger partial charge in [0.2, 0.25) is 16.6 Å². The van der Waals surface area contributed by atoms with E-state index in [-0.39, 0.29) is 0 Å². The molecule has 0 aliphatic heterocycles. The standard InChI is InChI=1S/C16H22F12OSi2/c1-3-30(9-5-13(17,18)19,10-6-14(20,21)22)29-31(4-2,11-7-15(23,24)25)12-8-16(26,27)28/h3-4H,1-2,5-12H2. The summed E-state index contributed by atoms with van der Waals surface area (Å²) in [6.07, 6.45) is -25.7. The lowest BCUT2D eigenvalue weighted by Gasteiger charge is -2.40. The van der Waals surface area contributed by atoms with Crippen molar-refractivity contribution in [2.75, 3.05) is 0 Å². The van der Waals surface area contributed by atoms with Gasteiger partial charge in [0.1, 0.15) is 0 Å². The van der Waals surface area contributed by atoms with Gasteiger partial charge in [-0.15, -0.1) is 13.2 Å². The van der Waals surface area contributed by atoms with Crippen LogP contribution in [0.5, 0.6) is 0 Å². The van der Waals surface area contributed by atoms with Gasteiger partial charge in [0.25, 0.3) is 0 Å². The molecule has 0 bridgehead atoms. The van der Waals surface area contributed by atoms with Crippen molar-refractivity contribution in [3.05, 3.63) is 24.6 Å². The van der Waals surface area contributed by atoms with Gasteiger partial charge in [-0.1, -0.05) is 11.4 Å². The van der Waals surface area contributed by atoms with Gasteiger partial charge in [-0.05, 0) is 24.2 Å². The number of rotatable bonds is 12. The van der Waals surface area contributed by atoms with Gasteiger partial charge < -0.3 is 4.12 Å². The SMILES string of the molecule is C=C[Si](CCC(F)(F)F)(CCC(F)(F)F)O[Si](C=C)(CCC(F)(F)F)CCC(F)(F)F. The smallest absolute Gasteiger partial charge is 0.388 e. The van der Waals surface area contributed by atoms with Crippen molar-refractivity contribution in [3.8, 4) is 0 Å². The van der Waals surface area contributed by atoms with Crippen molar-refractivity contribution in [1.29, 1.82) is 0 Å². The second-order valence-electron chi connectivity index (χ2n) is 7.10. The van der Waals surface area contributed by atoms with Gasteiger partial charge in [0, 0.05) is 25.7 Å². The van der Waals surface area contributed by atoms with Gasteiger partial charge in [-0.25, -0.2) is 0 Å². The molecule has 0 amide bonds. The second-order valence-corrected chi connectivity index (χ2v) is 15.0. The molecule has 0 rings (SSSR count). The molecular formula is C16H22F12OSi2. The molecule has 0 N–H and O–H groups in total. The van der Waals surface area contributed by atoms with E-state index in [1.54, 1.807) is 0 Å². The lowest BCUT2D eigenvalue weighted by atomic mass is 10.5. The molecule has 0 atom stereocenters. The molecular weight excluding hydrogens is 492 g/mol. The van der Waals surface area contributed by atoms with Crippen LogP contribution in [0.2, 0.25) is 24.2 Å². The van der Waals surface area contributed by atoms with Crippen LogP contribution in [-0.2, 0) is 4.12 Å². The van der Waals surface area contributed by atoms with Crippen LogP contribution in [-0.4, -0.2) is 41.3 Å². The first-order valence-corrected chi connectivity index (χ1v) is 13.7. The lowest BCUT2D eigenvalue weighted by molar-refractivity contribution is -0.133. The van der Waals surface area contributed by atoms with Crippen LogP contribution >= 0.6 is 0 Å². The molecule has 0 unspecified atom stereocenters. The summed E-state index contributed by atoms with van der Waals surface area (Å²) in [5.74, 6) is 0. The largest absolute Gasteiger partial charge is 0.449 e. The highest BCUT2D eigenvalue weighted by atomic mass is 28.4. The Bertz CT molecular complexity index is 491. The molecule has 0 fully saturated rings. The van der Waals surface area contributed by atoms with E-state index in [0.717, 1.165) is 11.4 Å². The zero-order valence-corrected chi connectivity index (χ0v) is 18.2. The van der Waals surface area contributed by atoms with Gasteiger partial charge in [-0.3, -0.25) is 0 Å². The van der Waals surface area contributed by atoms with Crippen LogP contribution in [0.25, 0.3) is 0 Å². The number of hydrogen-bond donors (Lipinski definition) is 0. The van der Waals surface area contributed by atoms with E-state index in [1.165, 1.54) is 0 Å². The van der Waals surface area contributed by atoms with E-state index in [2.05, 4.69) is 13.2 Å². The normalized spacial score (nSPS) is 14.6. The number of hydrogen-bond acceptors (Lipinski definition) is 1. The number of alkyl halides is 12. The minimum absolute atomic E-state index is 0.733. The Labute approximate surface area is 173 Å². The predicted molar refractivity (Wildman–Crippen MR) is 94.9 cm³/mol. The lowest BCUT2D eigenvalue weighted by Crippen LogP contribution is -2.51.